The van der Waals surface area contributed by atoms with Crippen LogP contribution in [0.25, 0.3) is 0 Å². The fourth-order valence-corrected chi connectivity index (χ4v) is 4.53. The minimum absolute atomic E-state index is 0. The number of hydrogen-bond acceptors (Lipinski definition) is 4. The number of halogens is 7. The first-order valence-corrected chi connectivity index (χ1v) is 11.5. The van der Waals surface area contributed by atoms with Crippen LogP contribution in [-0.2, 0) is 28.4 Å². The van der Waals surface area contributed by atoms with Crippen LogP contribution < -0.4 is 0 Å². The average molecular weight is 550 g/mol. The van der Waals surface area contributed by atoms with Gasteiger partial charge in [0, 0.05) is 12.5 Å². The highest BCUT2D eigenvalue weighted by atomic mass is 35.5. The van der Waals surface area contributed by atoms with E-state index in [0.717, 1.165) is 5.56 Å². The number of aryl methyl sites for hydroxylation is 1. The van der Waals surface area contributed by atoms with Gasteiger partial charge in [-0.15, -0.1) is 12.4 Å². The van der Waals surface area contributed by atoms with E-state index in [9.17, 15) is 26.3 Å². The normalized spacial score (nSPS) is 21.3. The summed E-state index contributed by atoms with van der Waals surface area (Å²) in [7, 11) is 0. The van der Waals surface area contributed by atoms with Crippen LogP contribution in [0.1, 0.15) is 54.0 Å². The first kappa shape index (κ1) is 28.9. The van der Waals surface area contributed by atoms with Crippen molar-refractivity contribution in [3.8, 4) is 0 Å². The summed E-state index contributed by atoms with van der Waals surface area (Å²) in [6.07, 6.45) is -7.34. The largest absolute Gasteiger partial charge is 0.416 e. The Kier molecular flexibility index (Phi) is 9.25. The molecule has 1 aliphatic heterocycles. The molecule has 12 heteroatoms. The third-order valence-corrected chi connectivity index (χ3v) is 6.37. The zero-order valence-electron chi connectivity index (χ0n) is 19.7. The van der Waals surface area contributed by atoms with Gasteiger partial charge in [0.25, 0.3) is 0 Å². The monoisotopic (exact) mass is 549 g/mol. The number of rotatable bonds is 7. The summed E-state index contributed by atoms with van der Waals surface area (Å²) in [5, 5.41) is 4.12. The summed E-state index contributed by atoms with van der Waals surface area (Å²) < 4.78 is 93.8. The van der Waals surface area contributed by atoms with Crippen LogP contribution in [0.5, 0.6) is 0 Å². The zero-order chi connectivity index (χ0) is 25.9. The van der Waals surface area contributed by atoms with E-state index in [1.807, 2.05) is 30.3 Å². The van der Waals surface area contributed by atoms with Crippen LogP contribution in [-0.4, -0.2) is 27.7 Å². The predicted molar refractivity (Wildman–Crippen MR) is 125 cm³/mol. The fourth-order valence-electron chi connectivity index (χ4n) is 4.53. The number of alkyl halides is 6. The van der Waals surface area contributed by atoms with Crippen LogP contribution in [0.2, 0.25) is 0 Å². The first-order valence-electron chi connectivity index (χ1n) is 11.5. The van der Waals surface area contributed by atoms with E-state index in [2.05, 4.69) is 10.1 Å². The summed E-state index contributed by atoms with van der Waals surface area (Å²) in [6.45, 7) is 2.37. The molecule has 1 fully saturated rings. The van der Waals surface area contributed by atoms with Gasteiger partial charge >= 0.3 is 12.4 Å². The molecule has 0 radical (unpaired) electrons. The van der Waals surface area contributed by atoms with Crippen molar-refractivity contribution < 1.29 is 35.8 Å². The van der Waals surface area contributed by atoms with Gasteiger partial charge in [0.2, 0.25) is 0 Å². The van der Waals surface area contributed by atoms with E-state index in [4.69, 9.17) is 9.47 Å². The molecule has 2 heterocycles. The van der Waals surface area contributed by atoms with Crippen LogP contribution in [0.3, 0.4) is 0 Å². The second-order valence-electron chi connectivity index (χ2n) is 8.79. The van der Waals surface area contributed by atoms with Crippen LogP contribution in [0, 0.1) is 5.92 Å². The number of benzene rings is 2. The molecule has 4 atom stereocenters. The molecule has 3 aromatic rings. The summed E-state index contributed by atoms with van der Waals surface area (Å²) >= 11 is 0. The Morgan fingerprint density at radius 1 is 1.03 bits per heavy atom. The van der Waals surface area contributed by atoms with E-state index in [0.29, 0.717) is 38.1 Å². The van der Waals surface area contributed by atoms with Crippen molar-refractivity contribution in [2.75, 3.05) is 6.61 Å². The lowest BCUT2D eigenvalue weighted by Gasteiger charge is -2.39. The van der Waals surface area contributed by atoms with Gasteiger partial charge in [-0.2, -0.15) is 31.4 Å². The van der Waals surface area contributed by atoms with E-state index >= 15 is 0 Å². The molecule has 1 saturated heterocycles. The van der Waals surface area contributed by atoms with E-state index in [1.165, 1.54) is 13.3 Å². The summed E-state index contributed by atoms with van der Waals surface area (Å²) in [6, 6.07) is 10.9. The molecule has 37 heavy (non-hydrogen) atoms. The van der Waals surface area contributed by atoms with Gasteiger partial charge in [-0.05, 0) is 55.0 Å². The second kappa shape index (κ2) is 11.8. The molecular formula is C25H26ClF6N3O2. The summed E-state index contributed by atoms with van der Waals surface area (Å²) in [4.78, 5) is 3.94. The summed E-state index contributed by atoms with van der Waals surface area (Å²) in [5.74, 6) is -0.200. The van der Waals surface area contributed by atoms with Crippen molar-refractivity contribution in [2.24, 2.45) is 5.92 Å². The Balaban J connectivity index is 0.00000380. The van der Waals surface area contributed by atoms with Gasteiger partial charge in [0.1, 0.15) is 12.7 Å². The quantitative estimate of drug-likeness (QED) is 0.296. The Bertz CT molecular complexity index is 1090. The van der Waals surface area contributed by atoms with Gasteiger partial charge in [0.05, 0.1) is 23.8 Å². The third kappa shape index (κ3) is 7.24. The maximum atomic E-state index is 13.3. The number of nitrogens with zero attached hydrogens (tertiary/aromatic N) is 3. The Morgan fingerprint density at radius 3 is 2.24 bits per heavy atom. The van der Waals surface area contributed by atoms with Crippen LogP contribution >= 0.6 is 12.4 Å². The SMILES string of the molecule is C[C@@H](O[C@H]1OCC[C@H](CCn2cncn2)[C@H]1c1ccccc1)c1cc(C(F)(F)F)cc(C(F)(F)F)c1.Cl. The minimum Gasteiger partial charge on any atom is -0.352 e. The van der Waals surface area contributed by atoms with Crippen molar-refractivity contribution in [3.63, 3.8) is 0 Å². The zero-order valence-corrected chi connectivity index (χ0v) is 20.6. The lowest BCUT2D eigenvalue weighted by Crippen LogP contribution is -2.37. The number of aromatic nitrogens is 3. The van der Waals surface area contributed by atoms with Gasteiger partial charge < -0.3 is 9.47 Å². The van der Waals surface area contributed by atoms with Crippen molar-refractivity contribution in [1.29, 1.82) is 0 Å². The molecule has 0 amide bonds. The Labute approximate surface area is 216 Å². The molecule has 0 aliphatic carbocycles. The molecule has 1 aliphatic rings. The predicted octanol–water partition coefficient (Wildman–Crippen LogP) is 7.05. The van der Waals surface area contributed by atoms with Gasteiger partial charge in [-0.3, -0.25) is 4.68 Å². The minimum atomic E-state index is -4.93. The number of hydrogen-bond donors (Lipinski definition) is 0. The van der Waals surface area contributed by atoms with E-state index in [-0.39, 0.29) is 35.9 Å². The molecule has 5 nitrogen and oxygen atoms in total. The van der Waals surface area contributed by atoms with Crippen LogP contribution in [0.4, 0.5) is 26.3 Å². The molecular weight excluding hydrogens is 524 g/mol. The molecule has 0 bridgehead atoms. The van der Waals surface area contributed by atoms with Crippen molar-refractivity contribution in [2.45, 2.75) is 57.0 Å². The van der Waals surface area contributed by atoms with E-state index in [1.54, 1.807) is 11.0 Å². The molecule has 4 rings (SSSR count). The molecule has 2 aromatic carbocycles. The summed E-state index contributed by atoms with van der Waals surface area (Å²) in [5.41, 5.74) is -2.06. The third-order valence-electron chi connectivity index (χ3n) is 6.37. The average Bonchev–Trinajstić information content (AvgIpc) is 3.36. The second-order valence-corrected chi connectivity index (χ2v) is 8.79. The lowest BCUT2D eigenvalue weighted by atomic mass is 9.80. The van der Waals surface area contributed by atoms with Crippen molar-refractivity contribution >= 4 is 12.4 Å². The van der Waals surface area contributed by atoms with Crippen molar-refractivity contribution in [3.05, 3.63) is 83.4 Å². The molecule has 0 spiro atoms. The molecule has 1 aromatic heterocycles. The standard InChI is InChI=1S/C25H25F6N3O2.ClH/c1-16(19-11-20(24(26,27)28)13-21(12-19)25(29,30)31)36-23-22(17-5-3-2-4-6-17)18(8-10-35-23)7-9-34-15-32-14-33-34;/h2-6,11-16,18,22-23H,7-10H2,1H3;1H/t16-,18+,22-,23-;/m1./s1. The van der Waals surface area contributed by atoms with Gasteiger partial charge in [-0.1, -0.05) is 30.3 Å². The fraction of sp³-hybridized carbons (Fsp3) is 0.440. The Morgan fingerprint density at radius 2 is 1.68 bits per heavy atom. The lowest BCUT2D eigenvalue weighted by molar-refractivity contribution is -0.210. The van der Waals surface area contributed by atoms with Crippen molar-refractivity contribution in [1.82, 2.24) is 14.8 Å². The van der Waals surface area contributed by atoms with E-state index < -0.39 is 35.9 Å². The maximum absolute atomic E-state index is 13.3. The number of ether oxygens (including phenoxy) is 2. The molecule has 0 unspecified atom stereocenters. The Hall–Kier alpha value is -2.63. The van der Waals surface area contributed by atoms with Crippen LogP contribution in [0.15, 0.2) is 61.2 Å². The molecule has 0 N–H and O–H groups in total. The maximum Gasteiger partial charge on any atom is 0.416 e. The molecule has 0 saturated carbocycles. The highest BCUT2D eigenvalue weighted by Crippen LogP contribution is 2.42. The highest BCUT2D eigenvalue weighted by molar-refractivity contribution is 5.85. The first-order chi connectivity index (χ1) is 17.0. The smallest absolute Gasteiger partial charge is 0.352 e. The highest BCUT2D eigenvalue weighted by Gasteiger charge is 2.39. The topological polar surface area (TPSA) is 49.2 Å². The molecule has 202 valence electrons. The van der Waals surface area contributed by atoms with Gasteiger partial charge in [0.15, 0.2) is 6.29 Å². The van der Waals surface area contributed by atoms with Gasteiger partial charge in [-0.25, -0.2) is 4.98 Å².